The number of rotatable bonds is 8. The smallest absolute Gasteiger partial charge is 0.0515 e. The molecular weight excluding hydrogens is 593 g/mol. The van der Waals surface area contributed by atoms with Crippen LogP contribution in [0.4, 0.5) is 0 Å². The normalized spacial score (nSPS) is 19.6. The third kappa shape index (κ3) is 6.04. The van der Waals surface area contributed by atoms with Gasteiger partial charge in [0.15, 0.2) is 0 Å². The largest absolute Gasteiger partial charge is 0.0928 e. The zero-order valence-electron chi connectivity index (χ0n) is 8.17. The number of hydrogen-bond donors (Lipinski definition) is 0. The van der Waals surface area contributed by atoms with Crippen molar-refractivity contribution in [2.45, 2.75) is 33.2 Å². The first kappa shape index (κ1) is 17.9. The Morgan fingerprint density at radius 1 is 0.800 bits per heavy atom. The lowest BCUT2D eigenvalue weighted by Crippen LogP contribution is -2.42. The molecule has 0 N–H and O–H groups in total. The van der Waals surface area contributed by atoms with Gasteiger partial charge in [0.25, 0.3) is 0 Å². The number of halogens is 6. The third-order valence-corrected chi connectivity index (χ3v) is 8.84. The Morgan fingerprint density at radius 2 is 1.20 bits per heavy atom. The summed E-state index contributed by atoms with van der Waals surface area (Å²) in [7, 11) is 0. The van der Waals surface area contributed by atoms with Crippen molar-refractivity contribution in [1.82, 2.24) is 0 Å². The molecule has 0 heterocycles. The molecule has 0 nitrogen and oxygen atoms in total. The van der Waals surface area contributed by atoms with E-state index in [1.807, 2.05) is 0 Å². The molecule has 92 valence electrons. The highest BCUT2D eigenvalue weighted by atomic mass is 79.9. The van der Waals surface area contributed by atoms with E-state index in [9.17, 15) is 0 Å². The van der Waals surface area contributed by atoms with Gasteiger partial charge in [0, 0.05) is 25.6 Å². The van der Waals surface area contributed by atoms with Crippen LogP contribution in [0.25, 0.3) is 0 Å². The van der Waals surface area contributed by atoms with Gasteiger partial charge < -0.3 is 0 Å². The topological polar surface area (TPSA) is 0 Å². The predicted molar refractivity (Wildman–Crippen MR) is 92.3 cm³/mol. The summed E-state index contributed by atoms with van der Waals surface area (Å²) in [5.41, 5.74) is 0. The van der Waals surface area contributed by atoms with Crippen molar-refractivity contribution in [1.29, 1.82) is 0 Å². The second-order valence-corrected chi connectivity index (χ2v) is 9.32. The SMILES string of the molecule is BrC[13CH2]C(Br)[13C](Br)(C[13CH2]Br)[13CH](Br)[13CH2][13CH2]Br. The molecule has 3 unspecified atom stereocenters. The highest BCUT2D eigenvalue weighted by molar-refractivity contribution is 9.14. The Morgan fingerprint density at radius 3 is 1.47 bits per heavy atom. The maximum atomic E-state index is 3.91. The standard InChI is InChI=1S/C9H14Br6/c10-4-1-7(13)9(15,3-6-12)8(14)2-5-11/h7-8H,1-6H2/i1+1,2+1,4+1,6+1,7+1,9+1. The first-order valence-electron chi connectivity index (χ1n) is 4.67. The zero-order valence-corrected chi connectivity index (χ0v) is 17.7. The minimum absolute atomic E-state index is 0.109. The molecular formula is C9H14Br6. The monoisotopic (exact) mass is 602 g/mol. The molecule has 0 aromatic carbocycles. The lowest BCUT2D eigenvalue weighted by atomic mass is 10.5. The van der Waals surface area contributed by atoms with Gasteiger partial charge in [0.05, 0.1) is 4.32 Å². The van der Waals surface area contributed by atoms with Crippen LogP contribution in [0.5, 0.6) is 0 Å². The summed E-state index contributed by atoms with van der Waals surface area (Å²) in [4.78, 5) is 0.927. The van der Waals surface area contributed by atoms with Gasteiger partial charge in [-0.25, -0.2) is 0 Å². The molecule has 15 heavy (non-hydrogen) atoms. The first-order valence-corrected chi connectivity index (χ1v) is 10.7. The van der Waals surface area contributed by atoms with E-state index in [0.29, 0.717) is 9.65 Å². The van der Waals surface area contributed by atoms with Gasteiger partial charge in [-0.15, -0.1) is 0 Å². The van der Waals surface area contributed by atoms with Gasteiger partial charge in [-0.05, 0) is 19.3 Å². The van der Waals surface area contributed by atoms with Crippen LogP contribution in [0.2, 0.25) is 0 Å². The fraction of sp³-hybridized carbons (Fsp3) is 1.00. The quantitative estimate of drug-likeness (QED) is 0.235. The molecule has 0 rings (SSSR count). The summed E-state index contributed by atoms with van der Waals surface area (Å²) in [6.45, 7) is 0. The van der Waals surface area contributed by atoms with Crippen LogP contribution in [0.1, 0.15) is 19.3 Å². The average molecular weight is 608 g/mol. The summed E-state index contributed by atoms with van der Waals surface area (Å²) >= 11 is 22.0. The van der Waals surface area contributed by atoms with E-state index < -0.39 is 0 Å². The van der Waals surface area contributed by atoms with Crippen LogP contribution in [0.15, 0.2) is 0 Å². The second kappa shape index (κ2) is 9.76. The van der Waals surface area contributed by atoms with Crippen molar-refractivity contribution in [3.63, 3.8) is 0 Å². The zero-order chi connectivity index (χ0) is 11.9. The predicted octanol–water partition coefficient (Wildman–Crippen LogP) is 6.00. The molecule has 0 bridgehead atoms. The minimum atomic E-state index is 0.109. The van der Waals surface area contributed by atoms with Crippen LogP contribution < -0.4 is 0 Å². The maximum absolute atomic E-state index is 3.91. The Balaban J connectivity index is 4.54. The fourth-order valence-electron chi connectivity index (χ4n) is 1.33. The molecule has 0 aliphatic rings. The minimum Gasteiger partial charge on any atom is -0.0928 e. The third-order valence-electron chi connectivity index (χ3n) is 2.24. The van der Waals surface area contributed by atoms with E-state index >= 15 is 0 Å². The molecule has 0 saturated heterocycles. The van der Waals surface area contributed by atoms with E-state index in [1.54, 1.807) is 0 Å². The van der Waals surface area contributed by atoms with Gasteiger partial charge in [-0.3, -0.25) is 0 Å². The second-order valence-electron chi connectivity index (χ2n) is 3.26. The lowest BCUT2D eigenvalue weighted by molar-refractivity contribution is 0.531. The van der Waals surface area contributed by atoms with E-state index in [4.69, 9.17) is 0 Å². The van der Waals surface area contributed by atoms with Gasteiger partial charge in [0.1, 0.15) is 0 Å². The van der Waals surface area contributed by atoms with Crippen LogP contribution in [-0.2, 0) is 0 Å². The summed E-state index contributed by atoms with van der Waals surface area (Å²) < 4.78 is 0.109. The highest BCUT2D eigenvalue weighted by Gasteiger charge is 2.39. The molecule has 0 aliphatic heterocycles. The Kier molecular flexibility index (Phi) is 11.6. The van der Waals surface area contributed by atoms with Crippen molar-refractivity contribution in [3.8, 4) is 0 Å². The molecule has 0 fully saturated rings. The first-order chi connectivity index (χ1) is 7.02. The fourth-order valence-corrected chi connectivity index (χ4v) is 7.22. The average Bonchev–Trinajstić information content (AvgIpc) is 2.18. The molecule has 0 saturated carbocycles. The molecule has 6 heteroatoms. The van der Waals surface area contributed by atoms with Crippen LogP contribution in [-0.4, -0.2) is 30.0 Å². The maximum Gasteiger partial charge on any atom is 0.0515 e. The van der Waals surface area contributed by atoms with Gasteiger partial charge in [-0.1, -0.05) is 95.6 Å². The Hall–Kier alpha value is 2.88. The molecule has 0 aliphatic carbocycles. The number of hydrogen-bond acceptors (Lipinski definition) is 0. The number of alkyl halides is 6. The van der Waals surface area contributed by atoms with Crippen molar-refractivity contribution in [3.05, 3.63) is 0 Å². The van der Waals surface area contributed by atoms with Crippen LogP contribution >= 0.6 is 95.6 Å². The summed E-state index contributed by atoms with van der Waals surface area (Å²) in [6.07, 6.45) is 3.32. The van der Waals surface area contributed by atoms with Crippen LogP contribution in [0, 0.1) is 0 Å². The molecule has 0 amide bonds. The van der Waals surface area contributed by atoms with E-state index in [0.717, 1.165) is 35.3 Å². The van der Waals surface area contributed by atoms with E-state index in [1.165, 1.54) is 0 Å². The summed E-state index contributed by atoms with van der Waals surface area (Å²) in [5, 5.41) is 3.05. The Bertz CT molecular complexity index is 151. The Labute approximate surface area is 143 Å². The van der Waals surface area contributed by atoms with Crippen molar-refractivity contribution in [2.24, 2.45) is 0 Å². The van der Waals surface area contributed by atoms with E-state index in [-0.39, 0.29) is 4.32 Å². The van der Waals surface area contributed by atoms with Crippen molar-refractivity contribution < 1.29 is 0 Å². The van der Waals surface area contributed by atoms with Gasteiger partial charge in [0.2, 0.25) is 0 Å². The molecule has 0 radical (unpaired) electrons. The molecule has 0 spiro atoms. The molecule has 3 atom stereocenters. The highest BCUT2D eigenvalue weighted by Crippen LogP contribution is 2.42. The van der Waals surface area contributed by atoms with E-state index in [2.05, 4.69) is 95.6 Å². The lowest BCUT2D eigenvalue weighted by Gasteiger charge is -2.36. The van der Waals surface area contributed by atoms with Crippen LogP contribution in [0.3, 0.4) is 0 Å². The van der Waals surface area contributed by atoms with Crippen molar-refractivity contribution >= 4 is 95.6 Å². The van der Waals surface area contributed by atoms with Gasteiger partial charge >= 0.3 is 0 Å². The molecule has 0 aromatic rings. The van der Waals surface area contributed by atoms with Gasteiger partial charge in [-0.2, -0.15) is 0 Å². The summed E-state index contributed by atoms with van der Waals surface area (Å²) in [5.74, 6) is 0. The summed E-state index contributed by atoms with van der Waals surface area (Å²) in [6, 6.07) is 0. The van der Waals surface area contributed by atoms with Crippen molar-refractivity contribution in [2.75, 3.05) is 16.0 Å². The molecule has 0 aromatic heterocycles.